The number of aliphatic hydroxyl groups is 1. The van der Waals surface area contributed by atoms with E-state index in [9.17, 15) is 19.1 Å². The molecule has 0 aliphatic carbocycles. The zero-order valence-electron chi connectivity index (χ0n) is 13.5. The summed E-state index contributed by atoms with van der Waals surface area (Å²) in [7, 11) is 0. The Morgan fingerprint density at radius 3 is 2.69 bits per heavy atom. The quantitative estimate of drug-likeness (QED) is 0.717. The van der Waals surface area contributed by atoms with Crippen molar-refractivity contribution < 1.29 is 19.1 Å². The Kier molecular flexibility index (Phi) is 5.32. The highest BCUT2D eigenvalue weighted by molar-refractivity contribution is 9.10. The third-order valence-electron chi connectivity index (χ3n) is 4.28. The van der Waals surface area contributed by atoms with Gasteiger partial charge < -0.3 is 15.3 Å². The maximum Gasteiger partial charge on any atom is 0.268 e. The van der Waals surface area contributed by atoms with Crippen molar-refractivity contribution in [3.63, 3.8) is 0 Å². The number of carbonyl (C=O) groups excluding carboxylic acids is 2. The molecule has 1 heterocycles. The molecular weight excluding hydrogens is 427 g/mol. The lowest BCUT2D eigenvalue weighted by molar-refractivity contribution is -0.149. The van der Waals surface area contributed by atoms with E-state index in [0.29, 0.717) is 5.69 Å². The molecule has 1 aliphatic rings. The molecular formula is C18H15BrClFN2O3. The van der Waals surface area contributed by atoms with Crippen LogP contribution in [-0.4, -0.2) is 29.1 Å². The monoisotopic (exact) mass is 440 g/mol. The molecule has 0 saturated carbocycles. The Hall–Kier alpha value is -1.96. The number of anilines is 1. The molecule has 26 heavy (non-hydrogen) atoms. The number of nitrogens with zero attached hydrogens (tertiary/aromatic N) is 1. The summed E-state index contributed by atoms with van der Waals surface area (Å²) < 4.78 is 14.7. The van der Waals surface area contributed by atoms with Crippen LogP contribution in [-0.2, 0) is 16.1 Å². The number of hydrogen-bond acceptors (Lipinski definition) is 3. The van der Waals surface area contributed by atoms with Crippen LogP contribution in [0.3, 0.4) is 0 Å². The number of halogens is 3. The van der Waals surface area contributed by atoms with Crippen LogP contribution in [0.2, 0.25) is 5.02 Å². The molecule has 0 radical (unpaired) electrons. The van der Waals surface area contributed by atoms with Crippen molar-refractivity contribution in [2.45, 2.75) is 18.6 Å². The van der Waals surface area contributed by atoms with Crippen molar-refractivity contribution in [2.75, 3.05) is 11.4 Å². The number of benzene rings is 2. The summed E-state index contributed by atoms with van der Waals surface area (Å²) in [5.74, 6) is -2.21. The van der Waals surface area contributed by atoms with Crippen molar-refractivity contribution >= 4 is 45.0 Å². The Bertz CT molecular complexity index is 862. The summed E-state index contributed by atoms with van der Waals surface area (Å²) >= 11 is 9.02. The van der Waals surface area contributed by atoms with Crippen LogP contribution in [0.15, 0.2) is 46.9 Å². The Morgan fingerprint density at radius 1 is 1.31 bits per heavy atom. The van der Waals surface area contributed by atoms with Crippen LogP contribution < -0.4 is 10.2 Å². The number of carbonyl (C=O) groups is 2. The molecule has 1 aliphatic heterocycles. The van der Waals surface area contributed by atoms with E-state index in [1.54, 1.807) is 30.3 Å². The number of amides is 2. The van der Waals surface area contributed by atoms with Crippen LogP contribution in [0.4, 0.5) is 10.1 Å². The molecule has 0 bridgehead atoms. The molecule has 0 aromatic heterocycles. The summed E-state index contributed by atoms with van der Waals surface area (Å²) in [5, 5.41) is 12.9. The van der Waals surface area contributed by atoms with Crippen LogP contribution in [0.1, 0.15) is 12.0 Å². The first kappa shape index (κ1) is 18.8. The summed E-state index contributed by atoms with van der Waals surface area (Å²) in [6.45, 7) is 0.0228. The molecule has 2 aromatic carbocycles. The maximum atomic E-state index is 13.9. The first-order valence-electron chi connectivity index (χ1n) is 7.84. The molecule has 1 saturated heterocycles. The van der Waals surface area contributed by atoms with E-state index in [0.717, 1.165) is 4.47 Å². The molecule has 0 unspecified atom stereocenters. The normalized spacial score (nSPS) is 19.7. The highest BCUT2D eigenvalue weighted by Crippen LogP contribution is 2.29. The van der Waals surface area contributed by atoms with Gasteiger partial charge in [0.25, 0.3) is 11.8 Å². The Morgan fingerprint density at radius 2 is 2.00 bits per heavy atom. The fraction of sp³-hybridized carbons (Fsp3) is 0.222. The molecule has 2 aromatic rings. The van der Waals surface area contributed by atoms with Crippen LogP contribution in [0.5, 0.6) is 0 Å². The Balaban J connectivity index is 1.71. The second-order valence-electron chi connectivity index (χ2n) is 5.94. The van der Waals surface area contributed by atoms with Gasteiger partial charge in [-0.25, -0.2) is 4.39 Å². The SMILES string of the molecule is O=C(NCc1cccc(Cl)c1F)[C@]1(O)CCN(c2ccc(Br)cc2)C1=O. The molecule has 3 rings (SSSR count). The number of rotatable bonds is 4. The van der Waals surface area contributed by atoms with E-state index in [2.05, 4.69) is 21.2 Å². The van der Waals surface area contributed by atoms with Gasteiger partial charge in [0.15, 0.2) is 0 Å². The predicted octanol–water partition coefficient (Wildman–Crippen LogP) is 3.03. The van der Waals surface area contributed by atoms with Gasteiger partial charge in [-0.2, -0.15) is 0 Å². The molecule has 0 spiro atoms. The fourth-order valence-electron chi connectivity index (χ4n) is 2.79. The molecule has 8 heteroatoms. The van der Waals surface area contributed by atoms with E-state index >= 15 is 0 Å². The lowest BCUT2D eigenvalue weighted by atomic mass is 10.0. The first-order valence-corrected chi connectivity index (χ1v) is 9.01. The van der Waals surface area contributed by atoms with E-state index < -0.39 is 23.2 Å². The zero-order chi connectivity index (χ0) is 18.9. The molecule has 5 nitrogen and oxygen atoms in total. The van der Waals surface area contributed by atoms with Gasteiger partial charge in [-0.1, -0.05) is 39.7 Å². The summed E-state index contributed by atoms with van der Waals surface area (Å²) in [6.07, 6.45) is -0.0498. The number of hydrogen-bond donors (Lipinski definition) is 2. The Labute approximate surface area is 162 Å². The highest BCUT2D eigenvalue weighted by Gasteiger charge is 2.51. The van der Waals surface area contributed by atoms with E-state index in [1.165, 1.54) is 17.0 Å². The van der Waals surface area contributed by atoms with Crippen molar-refractivity contribution in [3.05, 3.63) is 63.3 Å². The van der Waals surface area contributed by atoms with E-state index in [4.69, 9.17) is 11.6 Å². The molecule has 136 valence electrons. The second kappa shape index (κ2) is 7.34. The highest BCUT2D eigenvalue weighted by atomic mass is 79.9. The summed E-state index contributed by atoms with van der Waals surface area (Å²) in [5.41, 5.74) is -1.42. The number of nitrogens with one attached hydrogen (secondary N) is 1. The van der Waals surface area contributed by atoms with Crippen molar-refractivity contribution in [1.82, 2.24) is 5.32 Å². The predicted molar refractivity (Wildman–Crippen MR) is 99.3 cm³/mol. The van der Waals surface area contributed by atoms with Crippen LogP contribution in [0, 0.1) is 5.82 Å². The lowest BCUT2D eigenvalue weighted by Gasteiger charge is -2.22. The van der Waals surface area contributed by atoms with Crippen molar-refractivity contribution in [3.8, 4) is 0 Å². The third-order valence-corrected chi connectivity index (χ3v) is 5.10. The summed E-state index contributed by atoms with van der Waals surface area (Å²) in [6, 6.07) is 11.4. The second-order valence-corrected chi connectivity index (χ2v) is 7.26. The van der Waals surface area contributed by atoms with Gasteiger partial charge in [-0.3, -0.25) is 9.59 Å². The topological polar surface area (TPSA) is 69.6 Å². The molecule has 2 amide bonds. The van der Waals surface area contributed by atoms with Gasteiger partial charge >= 0.3 is 0 Å². The zero-order valence-corrected chi connectivity index (χ0v) is 15.8. The van der Waals surface area contributed by atoms with Gasteiger partial charge in [-0.05, 0) is 30.3 Å². The largest absolute Gasteiger partial charge is 0.372 e. The first-order chi connectivity index (χ1) is 12.3. The molecule has 1 fully saturated rings. The lowest BCUT2D eigenvalue weighted by Crippen LogP contribution is -2.52. The third kappa shape index (κ3) is 3.47. The minimum Gasteiger partial charge on any atom is -0.372 e. The van der Waals surface area contributed by atoms with Gasteiger partial charge in [0, 0.05) is 35.2 Å². The van der Waals surface area contributed by atoms with Gasteiger partial charge in [0.1, 0.15) is 5.82 Å². The van der Waals surface area contributed by atoms with E-state index in [1.807, 2.05) is 0 Å². The smallest absolute Gasteiger partial charge is 0.268 e. The molecule has 1 atom stereocenters. The standard InChI is InChI=1S/C18H15BrClFN2O3/c19-12-4-6-13(7-5-12)23-9-8-18(26,17(23)25)16(24)22-10-11-2-1-3-14(20)15(11)21/h1-7,26H,8-10H2,(H,22,24)/t18-/m1/s1. The minimum atomic E-state index is -2.18. The average molecular weight is 442 g/mol. The van der Waals surface area contributed by atoms with Gasteiger partial charge in [0.05, 0.1) is 5.02 Å². The van der Waals surface area contributed by atoms with Crippen LogP contribution in [0.25, 0.3) is 0 Å². The van der Waals surface area contributed by atoms with Crippen molar-refractivity contribution in [1.29, 1.82) is 0 Å². The minimum absolute atomic E-state index is 0.0498. The van der Waals surface area contributed by atoms with Gasteiger partial charge in [-0.15, -0.1) is 0 Å². The fourth-order valence-corrected chi connectivity index (χ4v) is 3.25. The van der Waals surface area contributed by atoms with Crippen molar-refractivity contribution in [2.24, 2.45) is 0 Å². The van der Waals surface area contributed by atoms with Crippen LogP contribution >= 0.6 is 27.5 Å². The van der Waals surface area contributed by atoms with E-state index in [-0.39, 0.29) is 30.1 Å². The van der Waals surface area contributed by atoms with Gasteiger partial charge in [0.2, 0.25) is 5.60 Å². The summed E-state index contributed by atoms with van der Waals surface area (Å²) in [4.78, 5) is 26.4. The molecule has 2 N–H and O–H groups in total. The maximum absolute atomic E-state index is 13.9. The average Bonchev–Trinajstić information content (AvgIpc) is 2.93.